The van der Waals surface area contributed by atoms with Crippen LogP contribution in [0.3, 0.4) is 0 Å². The first-order valence-corrected chi connectivity index (χ1v) is 7.96. The summed E-state index contributed by atoms with van der Waals surface area (Å²) in [5.41, 5.74) is 0.955. The van der Waals surface area contributed by atoms with Gasteiger partial charge in [-0.05, 0) is 39.0 Å². The monoisotopic (exact) mass is 260 g/mol. The van der Waals surface area contributed by atoms with Crippen LogP contribution in [0.5, 0.6) is 0 Å². The van der Waals surface area contributed by atoms with Gasteiger partial charge in [-0.1, -0.05) is 19.3 Å². The smallest absolute Gasteiger partial charge is 0.0962 e. The van der Waals surface area contributed by atoms with Gasteiger partial charge in [0.25, 0.3) is 0 Å². The molecule has 18 heavy (non-hydrogen) atoms. The summed E-state index contributed by atoms with van der Waals surface area (Å²) in [4.78, 5) is 6.07. The molecule has 2 saturated carbocycles. The highest BCUT2D eigenvalue weighted by Gasteiger charge is 2.42. The lowest BCUT2D eigenvalue weighted by atomic mass is 9.68. The SMILES string of the molecule is Cc1nc(C2CCCCC2)sc1C1(C#N)CCC1. The molecule has 3 heteroatoms. The zero-order valence-electron chi connectivity index (χ0n) is 11.0. The van der Waals surface area contributed by atoms with Crippen LogP contribution < -0.4 is 0 Å². The van der Waals surface area contributed by atoms with E-state index in [2.05, 4.69) is 13.0 Å². The maximum atomic E-state index is 9.46. The molecule has 1 heterocycles. The summed E-state index contributed by atoms with van der Waals surface area (Å²) in [7, 11) is 0. The Bertz CT molecular complexity index is 473. The second kappa shape index (κ2) is 4.66. The van der Waals surface area contributed by atoms with E-state index < -0.39 is 0 Å². The van der Waals surface area contributed by atoms with Crippen LogP contribution in [0.4, 0.5) is 0 Å². The van der Waals surface area contributed by atoms with Crippen LogP contribution in [-0.4, -0.2) is 4.98 Å². The van der Waals surface area contributed by atoms with Gasteiger partial charge in [-0.3, -0.25) is 0 Å². The Kier molecular flexibility index (Phi) is 3.15. The molecule has 2 aliphatic carbocycles. The van der Waals surface area contributed by atoms with Crippen molar-refractivity contribution >= 4 is 11.3 Å². The summed E-state index contributed by atoms with van der Waals surface area (Å²) >= 11 is 1.84. The first-order valence-electron chi connectivity index (χ1n) is 7.14. The zero-order chi connectivity index (χ0) is 12.6. The van der Waals surface area contributed by atoms with E-state index in [-0.39, 0.29) is 5.41 Å². The van der Waals surface area contributed by atoms with E-state index in [0.29, 0.717) is 5.92 Å². The fourth-order valence-electron chi connectivity index (χ4n) is 3.31. The quantitative estimate of drug-likeness (QED) is 0.788. The molecule has 0 aromatic carbocycles. The maximum Gasteiger partial charge on any atom is 0.0962 e. The van der Waals surface area contributed by atoms with E-state index in [1.54, 1.807) is 0 Å². The molecule has 0 radical (unpaired) electrons. The Morgan fingerprint density at radius 3 is 2.50 bits per heavy atom. The van der Waals surface area contributed by atoms with Gasteiger partial charge in [-0.25, -0.2) is 4.98 Å². The first-order chi connectivity index (χ1) is 8.75. The molecular formula is C15H20N2S. The van der Waals surface area contributed by atoms with E-state index in [0.717, 1.165) is 18.5 Å². The Morgan fingerprint density at radius 1 is 1.22 bits per heavy atom. The van der Waals surface area contributed by atoms with Crippen LogP contribution in [0.15, 0.2) is 0 Å². The summed E-state index contributed by atoms with van der Waals surface area (Å²) in [5.74, 6) is 0.673. The Morgan fingerprint density at radius 2 is 1.94 bits per heavy atom. The standard InChI is InChI=1S/C15H20N2S/c1-11-13(15(10-16)8-5-9-15)18-14(17-11)12-6-3-2-4-7-12/h12H,2-9H2,1H3. The van der Waals surface area contributed by atoms with Crippen LogP contribution >= 0.6 is 11.3 Å². The van der Waals surface area contributed by atoms with Crippen molar-refractivity contribution < 1.29 is 0 Å². The second-order valence-corrected chi connectivity index (χ2v) is 6.88. The molecule has 1 aromatic rings. The van der Waals surface area contributed by atoms with Gasteiger partial charge in [0, 0.05) is 10.8 Å². The lowest BCUT2D eigenvalue weighted by molar-refractivity contribution is 0.328. The summed E-state index contributed by atoms with van der Waals surface area (Å²) in [6, 6.07) is 2.56. The Balaban J connectivity index is 1.88. The van der Waals surface area contributed by atoms with Gasteiger partial charge in [-0.2, -0.15) is 5.26 Å². The molecule has 0 spiro atoms. The third-order valence-corrected chi connectivity index (χ3v) is 6.15. The third kappa shape index (κ3) is 1.87. The zero-order valence-corrected chi connectivity index (χ0v) is 11.9. The predicted molar refractivity (Wildman–Crippen MR) is 73.8 cm³/mol. The largest absolute Gasteiger partial charge is 0.246 e. The fraction of sp³-hybridized carbons (Fsp3) is 0.733. The normalized spacial score (nSPS) is 23.3. The average molecular weight is 260 g/mol. The van der Waals surface area contributed by atoms with Crippen LogP contribution in [0.2, 0.25) is 0 Å². The average Bonchev–Trinajstić information content (AvgIpc) is 2.73. The molecule has 0 N–H and O–H groups in total. The summed E-state index contributed by atoms with van der Waals surface area (Å²) in [5, 5.41) is 10.8. The van der Waals surface area contributed by atoms with Crippen molar-refractivity contribution in [3.63, 3.8) is 0 Å². The van der Waals surface area contributed by atoms with E-state index in [4.69, 9.17) is 4.98 Å². The highest BCUT2D eigenvalue weighted by molar-refractivity contribution is 7.12. The van der Waals surface area contributed by atoms with Crippen LogP contribution in [0.1, 0.15) is 72.9 Å². The Labute approximate surface area is 113 Å². The minimum absolute atomic E-state index is 0.172. The molecule has 0 unspecified atom stereocenters. The molecule has 0 amide bonds. The number of hydrogen-bond donors (Lipinski definition) is 0. The molecular weight excluding hydrogens is 240 g/mol. The second-order valence-electron chi connectivity index (χ2n) is 5.85. The molecule has 2 fully saturated rings. The summed E-state index contributed by atoms with van der Waals surface area (Å²) in [6.45, 7) is 2.09. The molecule has 0 saturated heterocycles. The first kappa shape index (κ1) is 12.2. The molecule has 96 valence electrons. The number of aryl methyl sites for hydroxylation is 1. The van der Waals surface area contributed by atoms with Gasteiger partial charge in [-0.15, -0.1) is 11.3 Å². The molecule has 0 aliphatic heterocycles. The van der Waals surface area contributed by atoms with Crippen molar-refractivity contribution in [3.8, 4) is 6.07 Å². The molecule has 2 nitrogen and oxygen atoms in total. The van der Waals surface area contributed by atoms with Crippen LogP contribution in [0, 0.1) is 18.3 Å². The third-order valence-electron chi connectivity index (χ3n) is 4.62. The topological polar surface area (TPSA) is 36.7 Å². The van der Waals surface area contributed by atoms with E-state index in [9.17, 15) is 5.26 Å². The van der Waals surface area contributed by atoms with Crippen molar-refractivity contribution in [2.24, 2.45) is 0 Å². The number of rotatable bonds is 2. The molecule has 0 bridgehead atoms. The molecule has 0 atom stereocenters. The number of aromatic nitrogens is 1. The van der Waals surface area contributed by atoms with Crippen LogP contribution in [-0.2, 0) is 5.41 Å². The predicted octanol–water partition coefficient (Wildman–Crippen LogP) is 4.44. The minimum atomic E-state index is -0.172. The van der Waals surface area contributed by atoms with Gasteiger partial charge in [0.1, 0.15) is 0 Å². The maximum absolute atomic E-state index is 9.46. The summed E-state index contributed by atoms with van der Waals surface area (Å²) < 4.78 is 0. The van der Waals surface area contributed by atoms with E-state index in [1.807, 2.05) is 11.3 Å². The van der Waals surface area contributed by atoms with Crippen molar-refractivity contribution in [3.05, 3.63) is 15.6 Å². The van der Waals surface area contributed by atoms with Gasteiger partial charge in [0.15, 0.2) is 0 Å². The highest BCUT2D eigenvalue weighted by atomic mass is 32.1. The van der Waals surface area contributed by atoms with E-state index in [1.165, 1.54) is 48.4 Å². The van der Waals surface area contributed by atoms with Crippen molar-refractivity contribution in [1.29, 1.82) is 5.26 Å². The molecule has 2 aliphatic rings. The number of nitrogens with zero attached hydrogens (tertiary/aromatic N) is 2. The highest BCUT2D eigenvalue weighted by Crippen LogP contribution is 2.48. The van der Waals surface area contributed by atoms with E-state index >= 15 is 0 Å². The van der Waals surface area contributed by atoms with Gasteiger partial charge >= 0.3 is 0 Å². The fourth-order valence-corrected chi connectivity index (χ4v) is 4.74. The lowest BCUT2D eigenvalue weighted by Crippen LogP contribution is -2.32. The van der Waals surface area contributed by atoms with Gasteiger partial charge < -0.3 is 0 Å². The van der Waals surface area contributed by atoms with Gasteiger partial charge in [0.2, 0.25) is 0 Å². The van der Waals surface area contributed by atoms with Crippen molar-refractivity contribution in [1.82, 2.24) is 4.98 Å². The lowest BCUT2D eigenvalue weighted by Gasteiger charge is -2.34. The molecule has 3 rings (SSSR count). The number of thiazole rings is 1. The number of hydrogen-bond acceptors (Lipinski definition) is 3. The minimum Gasteiger partial charge on any atom is -0.246 e. The van der Waals surface area contributed by atoms with Crippen molar-refractivity contribution in [2.45, 2.75) is 69.6 Å². The Hall–Kier alpha value is -0.880. The van der Waals surface area contributed by atoms with Crippen molar-refractivity contribution in [2.75, 3.05) is 0 Å². The summed E-state index contributed by atoms with van der Waals surface area (Å²) in [6.07, 6.45) is 9.95. The number of nitriles is 1. The van der Waals surface area contributed by atoms with Gasteiger partial charge in [0.05, 0.1) is 22.2 Å². The van der Waals surface area contributed by atoms with Crippen LogP contribution in [0.25, 0.3) is 0 Å². The molecule has 1 aromatic heterocycles.